The zero-order valence-corrected chi connectivity index (χ0v) is 13.2. The lowest BCUT2D eigenvalue weighted by molar-refractivity contribution is 0.573. The first-order valence-corrected chi connectivity index (χ1v) is 7.51. The Morgan fingerprint density at radius 3 is 2.68 bits per heavy atom. The van der Waals surface area contributed by atoms with Gasteiger partial charge in [-0.3, -0.25) is 4.98 Å². The summed E-state index contributed by atoms with van der Waals surface area (Å²) in [4.78, 5) is 6.24. The molecule has 1 heterocycles. The van der Waals surface area contributed by atoms with Gasteiger partial charge < -0.3 is 10.2 Å². The average molecular weight is 294 g/mol. The average Bonchev–Trinajstić information content (AvgIpc) is 2.58. The van der Waals surface area contributed by atoms with Crippen molar-refractivity contribution in [3.8, 4) is 6.07 Å². The number of nitrogens with zero attached hydrogens (tertiary/aromatic N) is 3. The SMILES string of the molecule is C[C@H](NCc1ccc(N(C)CCC#N)cc1)c1cccnc1. The van der Waals surface area contributed by atoms with Crippen LogP contribution in [0.4, 0.5) is 5.69 Å². The third kappa shape index (κ3) is 4.57. The van der Waals surface area contributed by atoms with Crippen LogP contribution >= 0.6 is 0 Å². The topological polar surface area (TPSA) is 52.0 Å². The third-order valence-electron chi connectivity index (χ3n) is 3.73. The highest BCUT2D eigenvalue weighted by molar-refractivity contribution is 5.46. The minimum Gasteiger partial charge on any atom is -0.374 e. The van der Waals surface area contributed by atoms with E-state index in [4.69, 9.17) is 5.26 Å². The summed E-state index contributed by atoms with van der Waals surface area (Å²) in [7, 11) is 2.01. The van der Waals surface area contributed by atoms with Gasteiger partial charge in [-0.2, -0.15) is 5.26 Å². The van der Waals surface area contributed by atoms with E-state index >= 15 is 0 Å². The molecular weight excluding hydrogens is 272 g/mol. The van der Waals surface area contributed by atoms with Crippen LogP contribution in [0.5, 0.6) is 0 Å². The van der Waals surface area contributed by atoms with E-state index in [0.717, 1.165) is 18.8 Å². The van der Waals surface area contributed by atoms with Crippen molar-refractivity contribution in [2.75, 3.05) is 18.5 Å². The Hall–Kier alpha value is -2.38. The number of hydrogen-bond acceptors (Lipinski definition) is 4. The predicted molar refractivity (Wildman–Crippen MR) is 89.4 cm³/mol. The summed E-state index contributed by atoms with van der Waals surface area (Å²) < 4.78 is 0. The molecule has 1 N–H and O–H groups in total. The first-order valence-electron chi connectivity index (χ1n) is 7.51. The van der Waals surface area contributed by atoms with Gasteiger partial charge in [0.1, 0.15) is 0 Å². The minimum absolute atomic E-state index is 0.270. The Bertz CT molecular complexity index is 601. The second-order valence-corrected chi connectivity index (χ2v) is 5.39. The Morgan fingerprint density at radius 2 is 2.05 bits per heavy atom. The molecule has 0 bridgehead atoms. The first kappa shape index (κ1) is 16.0. The van der Waals surface area contributed by atoms with Crippen LogP contribution in [0.25, 0.3) is 0 Å². The lowest BCUT2D eigenvalue weighted by atomic mass is 10.1. The van der Waals surface area contributed by atoms with Crippen molar-refractivity contribution in [2.24, 2.45) is 0 Å². The van der Waals surface area contributed by atoms with Gasteiger partial charge in [-0.25, -0.2) is 0 Å². The highest BCUT2D eigenvalue weighted by Gasteiger charge is 2.05. The van der Waals surface area contributed by atoms with Gasteiger partial charge in [0, 0.05) is 44.3 Å². The van der Waals surface area contributed by atoms with Crippen LogP contribution in [0.3, 0.4) is 0 Å². The molecule has 0 saturated heterocycles. The lowest BCUT2D eigenvalue weighted by Gasteiger charge is -2.18. The van der Waals surface area contributed by atoms with Crippen LogP contribution in [0, 0.1) is 11.3 Å². The molecule has 0 unspecified atom stereocenters. The summed E-state index contributed by atoms with van der Waals surface area (Å²) in [6, 6.07) is 14.9. The third-order valence-corrected chi connectivity index (χ3v) is 3.73. The smallest absolute Gasteiger partial charge is 0.0640 e. The fourth-order valence-corrected chi connectivity index (χ4v) is 2.24. The van der Waals surface area contributed by atoms with E-state index in [0.29, 0.717) is 6.42 Å². The van der Waals surface area contributed by atoms with Gasteiger partial charge >= 0.3 is 0 Å². The van der Waals surface area contributed by atoms with E-state index in [-0.39, 0.29) is 6.04 Å². The molecule has 4 nitrogen and oxygen atoms in total. The van der Waals surface area contributed by atoms with Gasteiger partial charge in [0.05, 0.1) is 12.5 Å². The number of nitriles is 1. The number of benzene rings is 1. The minimum atomic E-state index is 0.270. The van der Waals surface area contributed by atoms with Gasteiger partial charge in [0.2, 0.25) is 0 Å². The zero-order valence-electron chi connectivity index (χ0n) is 13.2. The quantitative estimate of drug-likeness (QED) is 0.851. The molecule has 1 aromatic heterocycles. The molecular formula is C18H22N4. The molecule has 0 aliphatic rings. The van der Waals surface area contributed by atoms with Crippen molar-refractivity contribution in [3.63, 3.8) is 0 Å². The molecule has 0 radical (unpaired) electrons. The Morgan fingerprint density at radius 1 is 1.27 bits per heavy atom. The van der Waals surface area contributed by atoms with E-state index < -0.39 is 0 Å². The number of rotatable bonds is 7. The fraction of sp³-hybridized carbons (Fsp3) is 0.333. The number of nitrogens with one attached hydrogen (secondary N) is 1. The maximum absolute atomic E-state index is 8.63. The lowest BCUT2D eigenvalue weighted by Crippen LogP contribution is -2.19. The van der Waals surface area contributed by atoms with Crippen LogP contribution in [-0.4, -0.2) is 18.6 Å². The van der Waals surface area contributed by atoms with E-state index in [9.17, 15) is 0 Å². The molecule has 0 fully saturated rings. The Kier molecular flexibility index (Phi) is 5.93. The Balaban J connectivity index is 1.88. The van der Waals surface area contributed by atoms with E-state index in [1.54, 1.807) is 6.20 Å². The summed E-state index contributed by atoms with van der Waals surface area (Å²) in [5.74, 6) is 0. The van der Waals surface area contributed by atoms with Crippen molar-refractivity contribution in [3.05, 3.63) is 59.9 Å². The first-order chi connectivity index (χ1) is 10.7. The molecule has 22 heavy (non-hydrogen) atoms. The molecule has 1 atom stereocenters. The van der Waals surface area contributed by atoms with Gasteiger partial charge in [0.15, 0.2) is 0 Å². The number of pyridine rings is 1. The summed E-state index contributed by atoms with van der Waals surface area (Å²) >= 11 is 0. The van der Waals surface area contributed by atoms with Crippen molar-refractivity contribution in [1.29, 1.82) is 5.26 Å². The van der Waals surface area contributed by atoms with E-state index in [1.807, 2.05) is 19.3 Å². The molecule has 0 amide bonds. The van der Waals surface area contributed by atoms with E-state index in [2.05, 4.69) is 58.5 Å². The second kappa shape index (κ2) is 8.16. The maximum atomic E-state index is 8.63. The summed E-state index contributed by atoms with van der Waals surface area (Å²) in [5.41, 5.74) is 3.57. The van der Waals surface area contributed by atoms with E-state index in [1.165, 1.54) is 11.1 Å². The highest BCUT2D eigenvalue weighted by Crippen LogP contribution is 2.15. The zero-order chi connectivity index (χ0) is 15.8. The van der Waals surface area contributed by atoms with Crippen molar-refractivity contribution in [2.45, 2.75) is 25.9 Å². The summed E-state index contributed by atoms with van der Waals surface area (Å²) in [6.45, 7) is 3.71. The Labute approximate surface area is 132 Å². The predicted octanol–water partition coefficient (Wildman–Crippen LogP) is 3.28. The van der Waals surface area contributed by atoms with Gasteiger partial charge in [-0.15, -0.1) is 0 Å². The molecule has 0 aliphatic carbocycles. The molecule has 0 saturated carbocycles. The largest absolute Gasteiger partial charge is 0.374 e. The highest BCUT2D eigenvalue weighted by atomic mass is 15.1. The number of anilines is 1. The molecule has 114 valence electrons. The second-order valence-electron chi connectivity index (χ2n) is 5.39. The standard InChI is InChI=1S/C18H22N4/c1-15(17-5-3-11-20-14-17)21-13-16-6-8-18(9-7-16)22(2)12-4-10-19/h3,5-9,11,14-15,21H,4,12-13H2,1-2H3/t15-/m0/s1. The monoisotopic (exact) mass is 294 g/mol. The molecule has 0 spiro atoms. The number of aromatic nitrogens is 1. The maximum Gasteiger partial charge on any atom is 0.0640 e. The normalized spacial score (nSPS) is 11.7. The van der Waals surface area contributed by atoms with Crippen molar-refractivity contribution < 1.29 is 0 Å². The van der Waals surface area contributed by atoms with Crippen LogP contribution in [-0.2, 0) is 6.54 Å². The van der Waals surface area contributed by atoms with Gasteiger partial charge in [-0.05, 0) is 36.2 Å². The molecule has 4 heteroatoms. The summed E-state index contributed by atoms with van der Waals surface area (Å²) in [5, 5.41) is 12.1. The number of hydrogen-bond donors (Lipinski definition) is 1. The summed E-state index contributed by atoms with van der Waals surface area (Å²) in [6.07, 6.45) is 4.23. The van der Waals surface area contributed by atoms with Gasteiger partial charge in [0.25, 0.3) is 0 Å². The molecule has 2 rings (SSSR count). The van der Waals surface area contributed by atoms with Crippen molar-refractivity contribution >= 4 is 5.69 Å². The van der Waals surface area contributed by atoms with Crippen molar-refractivity contribution in [1.82, 2.24) is 10.3 Å². The van der Waals surface area contributed by atoms with Crippen LogP contribution in [0.15, 0.2) is 48.8 Å². The van der Waals surface area contributed by atoms with Crippen LogP contribution < -0.4 is 10.2 Å². The molecule has 1 aromatic carbocycles. The fourth-order valence-electron chi connectivity index (χ4n) is 2.24. The van der Waals surface area contributed by atoms with Crippen LogP contribution in [0.1, 0.15) is 30.5 Å². The molecule has 0 aliphatic heterocycles. The van der Waals surface area contributed by atoms with Gasteiger partial charge in [-0.1, -0.05) is 18.2 Å². The van der Waals surface area contributed by atoms with Crippen LogP contribution in [0.2, 0.25) is 0 Å². The molecule has 2 aromatic rings.